The molecule has 2 rings (SSSR count). The highest BCUT2D eigenvalue weighted by Gasteiger charge is 2.21. The number of hydrogen-bond donors (Lipinski definition) is 3. The Morgan fingerprint density at radius 2 is 2.19 bits per heavy atom. The number of hydrogen-bond acceptors (Lipinski definition) is 4. The zero-order valence-corrected chi connectivity index (χ0v) is 14.4. The summed E-state index contributed by atoms with van der Waals surface area (Å²) in [6, 6.07) is 5.73. The fraction of sp³-hybridized carbons (Fsp3) is 0.400. The average molecular weight is 371 g/mol. The molecule has 114 valence electrons. The Balaban J connectivity index is 2.28. The zero-order chi connectivity index (χ0) is 15.6. The van der Waals surface area contributed by atoms with Gasteiger partial charge < -0.3 is 16.2 Å². The molecule has 1 aromatic carbocycles. The minimum absolute atomic E-state index is 0.0535. The molecule has 4 N–H and O–H groups in total. The molecule has 0 aliphatic heterocycles. The van der Waals surface area contributed by atoms with E-state index in [2.05, 4.69) is 21.2 Å². The van der Waals surface area contributed by atoms with E-state index in [1.807, 2.05) is 32.0 Å². The summed E-state index contributed by atoms with van der Waals surface area (Å²) in [5.41, 5.74) is 6.62. The first-order valence-electron chi connectivity index (χ1n) is 6.83. The molecular formula is C15H19BrN2O2S. The summed E-state index contributed by atoms with van der Waals surface area (Å²) < 4.78 is 1.94. The number of amides is 1. The van der Waals surface area contributed by atoms with Crippen LogP contribution < -0.4 is 11.1 Å². The van der Waals surface area contributed by atoms with Gasteiger partial charge in [-0.15, -0.1) is 11.3 Å². The summed E-state index contributed by atoms with van der Waals surface area (Å²) in [6.07, 6.45) is 0.541. The van der Waals surface area contributed by atoms with Gasteiger partial charge in [-0.25, -0.2) is 0 Å². The molecule has 1 atom stereocenters. The van der Waals surface area contributed by atoms with E-state index in [0.29, 0.717) is 17.0 Å². The molecule has 0 aliphatic carbocycles. The van der Waals surface area contributed by atoms with Crippen molar-refractivity contribution in [3.63, 3.8) is 0 Å². The number of benzene rings is 1. The molecule has 0 aliphatic rings. The molecular weight excluding hydrogens is 352 g/mol. The second-order valence-electron chi connectivity index (χ2n) is 5.32. The van der Waals surface area contributed by atoms with Gasteiger partial charge in [0.25, 0.3) is 5.91 Å². The zero-order valence-electron chi connectivity index (χ0n) is 12.0. The Labute approximate surface area is 136 Å². The highest BCUT2D eigenvalue weighted by Crippen LogP contribution is 2.35. The van der Waals surface area contributed by atoms with Gasteiger partial charge in [0.05, 0.1) is 5.69 Å². The quantitative estimate of drug-likeness (QED) is 0.754. The van der Waals surface area contributed by atoms with Crippen LogP contribution in [0, 0.1) is 5.92 Å². The number of thiophene rings is 1. The minimum atomic E-state index is -0.169. The lowest BCUT2D eigenvalue weighted by molar-refractivity contribution is 0.0921. The lowest BCUT2D eigenvalue weighted by Crippen LogP contribution is -2.39. The SMILES string of the molecule is CC(C)C(CCO)NC(=O)c1sc2cc(Br)ccc2c1N. The lowest BCUT2D eigenvalue weighted by atomic mass is 10.0. The number of aliphatic hydroxyl groups is 1. The molecule has 0 spiro atoms. The second-order valence-corrected chi connectivity index (χ2v) is 7.29. The van der Waals surface area contributed by atoms with Crippen LogP contribution in [0.15, 0.2) is 22.7 Å². The summed E-state index contributed by atoms with van der Waals surface area (Å²) in [7, 11) is 0. The van der Waals surface area contributed by atoms with Crippen LogP contribution in [0.1, 0.15) is 29.9 Å². The fourth-order valence-corrected chi connectivity index (χ4v) is 3.78. The van der Waals surface area contributed by atoms with Gasteiger partial charge in [0, 0.05) is 27.2 Å². The molecule has 1 heterocycles. The first-order chi connectivity index (χ1) is 9.93. The van der Waals surface area contributed by atoms with Crippen LogP contribution in [0.25, 0.3) is 10.1 Å². The Kier molecular flexibility index (Phi) is 5.24. The van der Waals surface area contributed by atoms with Crippen molar-refractivity contribution in [3.05, 3.63) is 27.5 Å². The highest BCUT2D eigenvalue weighted by molar-refractivity contribution is 9.10. The number of nitrogen functional groups attached to an aromatic ring is 1. The molecule has 1 amide bonds. The standard InChI is InChI=1S/C15H19BrN2O2S/c1-8(2)11(5-6-19)18-15(20)14-13(17)10-4-3-9(16)7-12(10)21-14/h3-4,7-8,11,19H,5-6,17H2,1-2H3,(H,18,20). The van der Waals surface area contributed by atoms with Gasteiger partial charge in [-0.1, -0.05) is 35.8 Å². The molecule has 0 bridgehead atoms. The number of aliphatic hydroxyl groups excluding tert-OH is 1. The van der Waals surface area contributed by atoms with Gasteiger partial charge in [0.15, 0.2) is 0 Å². The number of anilines is 1. The van der Waals surface area contributed by atoms with Gasteiger partial charge in [-0.3, -0.25) is 4.79 Å². The highest BCUT2D eigenvalue weighted by atomic mass is 79.9. The van der Waals surface area contributed by atoms with Gasteiger partial charge in [0.2, 0.25) is 0 Å². The Morgan fingerprint density at radius 1 is 1.48 bits per heavy atom. The van der Waals surface area contributed by atoms with E-state index >= 15 is 0 Å². The van der Waals surface area contributed by atoms with Crippen molar-refractivity contribution < 1.29 is 9.90 Å². The topological polar surface area (TPSA) is 75.3 Å². The maximum Gasteiger partial charge on any atom is 0.263 e. The number of carbonyl (C=O) groups is 1. The van der Waals surface area contributed by atoms with E-state index in [4.69, 9.17) is 10.8 Å². The third-order valence-corrected chi connectivity index (χ3v) is 5.12. The van der Waals surface area contributed by atoms with Crippen LogP contribution in [-0.4, -0.2) is 23.7 Å². The molecule has 2 aromatic rings. The molecule has 4 nitrogen and oxygen atoms in total. The summed E-state index contributed by atoms with van der Waals surface area (Å²) in [5.74, 6) is 0.0859. The lowest BCUT2D eigenvalue weighted by Gasteiger charge is -2.21. The number of rotatable bonds is 5. The van der Waals surface area contributed by atoms with Crippen molar-refractivity contribution >= 4 is 48.9 Å². The van der Waals surface area contributed by atoms with Crippen molar-refractivity contribution in [2.24, 2.45) is 5.92 Å². The van der Waals surface area contributed by atoms with Gasteiger partial charge >= 0.3 is 0 Å². The number of nitrogens with two attached hydrogens (primary N) is 1. The van der Waals surface area contributed by atoms with Crippen LogP contribution in [0.5, 0.6) is 0 Å². The van der Waals surface area contributed by atoms with Crippen LogP contribution in [0.2, 0.25) is 0 Å². The normalized spacial score (nSPS) is 12.8. The summed E-state index contributed by atoms with van der Waals surface area (Å²) >= 11 is 4.81. The first kappa shape index (κ1) is 16.3. The maximum atomic E-state index is 12.4. The van der Waals surface area contributed by atoms with Crippen molar-refractivity contribution in [1.82, 2.24) is 5.32 Å². The average Bonchev–Trinajstić information content (AvgIpc) is 2.74. The number of halogens is 1. The molecule has 1 aromatic heterocycles. The molecule has 1 unspecified atom stereocenters. The van der Waals surface area contributed by atoms with Crippen LogP contribution in [-0.2, 0) is 0 Å². The predicted octanol–water partition coefficient (Wildman–Crippen LogP) is 3.38. The van der Waals surface area contributed by atoms with E-state index in [-0.39, 0.29) is 24.5 Å². The summed E-state index contributed by atoms with van der Waals surface area (Å²) in [4.78, 5) is 13.0. The van der Waals surface area contributed by atoms with Crippen molar-refractivity contribution in [2.75, 3.05) is 12.3 Å². The molecule has 0 fully saturated rings. The van der Waals surface area contributed by atoms with E-state index in [1.54, 1.807) is 0 Å². The number of carbonyl (C=O) groups excluding carboxylic acids is 1. The van der Waals surface area contributed by atoms with Crippen molar-refractivity contribution in [1.29, 1.82) is 0 Å². The number of fused-ring (bicyclic) bond motifs is 1. The van der Waals surface area contributed by atoms with Crippen LogP contribution in [0.3, 0.4) is 0 Å². The van der Waals surface area contributed by atoms with Gasteiger partial charge in [-0.2, -0.15) is 0 Å². The molecule has 0 saturated carbocycles. The van der Waals surface area contributed by atoms with Crippen LogP contribution >= 0.6 is 27.3 Å². The van der Waals surface area contributed by atoms with Gasteiger partial charge in [0.1, 0.15) is 4.88 Å². The van der Waals surface area contributed by atoms with E-state index in [0.717, 1.165) is 14.6 Å². The van der Waals surface area contributed by atoms with Crippen molar-refractivity contribution in [3.8, 4) is 0 Å². The molecule has 21 heavy (non-hydrogen) atoms. The number of nitrogens with one attached hydrogen (secondary N) is 1. The monoisotopic (exact) mass is 370 g/mol. The second kappa shape index (κ2) is 6.77. The first-order valence-corrected chi connectivity index (χ1v) is 8.44. The van der Waals surface area contributed by atoms with E-state index in [1.165, 1.54) is 11.3 Å². The van der Waals surface area contributed by atoms with Crippen molar-refractivity contribution in [2.45, 2.75) is 26.3 Å². The molecule has 0 saturated heterocycles. The minimum Gasteiger partial charge on any atom is -0.397 e. The largest absolute Gasteiger partial charge is 0.397 e. The fourth-order valence-electron chi connectivity index (χ4n) is 2.20. The smallest absolute Gasteiger partial charge is 0.263 e. The third kappa shape index (κ3) is 3.56. The third-order valence-electron chi connectivity index (χ3n) is 3.46. The Bertz CT molecular complexity index is 654. The molecule has 0 radical (unpaired) electrons. The predicted molar refractivity (Wildman–Crippen MR) is 91.7 cm³/mol. The maximum absolute atomic E-state index is 12.4. The van der Waals surface area contributed by atoms with Gasteiger partial charge in [-0.05, 0) is 24.5 Å². The van der Waals surface area contributed by atoms with E-state index in [9.17, 15) is 4.79 Å². The van der Waals surface area contributed by atoms with Crippen LogP contribution in [0.4, 0.5) is 5.69 Å². The Hall–Kier alpha value is -1.11. The van der Waals surface area contributed by atoms with E-state index < -0.39 is 0 Å². The summed E-state index contributed by atoms with van der Waals surface area (Å²) in [6.45, 7) is 4.09. The molecule has 6 heteroatoms. The summed E-state index contributed by atoms with van der Waals surface area (Å²) in [5, 5.41) is 13.0. The Morgan fingerprint density at radius 3 is 2.81 bits per heavy atom.